The second-order valence-electron chi connectivity index (χ2n) is 6.29. The van der Waals surface area contributed by atoms with Crippen molar-refractivity contribution < 1.29 is 9.59 Å². The van der Waals surface area contributed by atoms with Gasteiger partial charge in [0.05, 0.1) is 23.4 Å². The number of aromatic amines is 1. The topological polar surface area (TPSA) is 101 Å². The van der Waals surface area contributed by atoms with Crippen LogP contribution in [0.15, 0.2) is 60.8 Å². The van der Waals surface area contributed by atoms with Crippen molar-refractivity contribution in [2.45, 2.75) is 26.2 Å². The van der Waals surface area contributed by atoms with Crippen LogP contribution in [-0.2, 0) is 15.0 Å². The smallest absolute Gasteiger partial charge is 0.271 e. The predicted octanol–water partition coefficient (Wildman–Crippen LogP) is 2.50. The molecule has 0 spiro atoms. The SMILES string of the molecule is C=C/C=C(C=C)/C=C(/C=O)NC(=O)/C(N)=C/c1nc[nH]c1C(C)(C)C. The van der Waals surface area contributed by atoms with Crippen molar-refractivity contribution in [3.63, 3.8) is 0 Å². The van der Waals surface area contributed by atoms with Crippen molar-refractivity contribution in [1.29, 1.82) is 0 Å². The third kappa shape index (κ3) is 5.76. The number of carbonyl (C=O) groups excluding carboxylic acids is 2. The predicted molar refractivity (Wildman–Crippen MR) is 100 cm³/mol. The van der Waals surface area contributed by atoms with E-state index in [9.17, 15) is 9.59 Å². The Morgan fingerprint density at radius 3 is 2.56 bits per heavy atom. The molecule has 0 radical (unpaired) electrons. The molecule has 1 heterocycles. The van der Waals surface area contributed by atoms with Crippen LogP contribution >= 0.6 is 0 Å². The van der Waals surface area contributed by atoms with E-state index in [1.54, 1.807) is 18.5 Å². The molecule has 0 fully saturated rings. The van der Waals surface area contributed by atoms with Gasteiger partial charge in [0.2, 0.25) is 0 Å². The van der Waals surface area contributed by atoms with Crippen molar-refractivity contribution >= 4 is 18.3 Å². The summed E-state index contributed by atoms with van der Waals surface area (Å²) in [5.74, 6) is -0.594. The first-order valence-corrected chi connectivity index (χ1v) is 7.67. The molecule has 0 unspecified atom stereocenters. The number of nitrogens with two attached hydrogens (primary N) is 1. The Bertz CT molecular complexity index is 759. The molecule has 4 N–H and O–H groups in total. The number of aldehydes is 1. The number of nitrogens with zero attached hydrogens (tertiary/aromatic N) is 1. The minimum atomic E-state index is -0.594. The molecule has 6 nitrogen and oxygen atoms in total. The van der Waals surface area contributed by atoms with E-state index in [1.165, 1.54) is 18.2 Å². The number of imidazole rings is 1. The number of hydrogen-bond acceptors (Lipinski definition) is 4. The minimum absolute atomic E-state index is 0.0572. The Balaban J connectivity index is 3.03. The molecule has 6 heteroatoms. The number of hydrogen-bond donors (Lipinski definition) is 3. The van der Waals surface area contributed by atoms with E-state index >= 15 is 0 Å². The molecule has 1 aromatic heterocycles. The number of allylic oxidation sites excluding steroid dienone is 6. The van der Waals surface area contributed by atoms with Gasteiger partial charge < -0.3 is 16.0 Å². The van der Waals surface area contributed by atoms with Gasteiger partial charge in [-0.1, -0.05) is 52.2 Å². The van der Waals surface area contributed by atoms with Gasteiger partial charge in [0, 0.05) is 11.1 Å². The van der Waals surface area contributed by atoms with Crippen LogP contribution in [0.4, 0.5) is 0 Å². The summed E-state index contributed by atoms with van der Waals surface area (Å²) < 4.78 is 0. The quantitative estimate of drug-likeness (QED) is 0.403. The van der Waals surface area contributed by atoms with Crippen molar-refractivity contribution in [1.82, 2.24) is 15.3 Å². The van der Waals surface area contributed by atoms with Crippen LogP contribution in [-0.4, -0.2) is 22.2 Å². The van der Waals surface area contributed by atoms with E-state index in [0.29, 0.717) is 17.6 Å². The molecule has 0 atom stereocenters. The van der Waals surface area contributed by atoms with Gasteiger partial charge in [-0.3, -0.25) is 9.59 Å². The fourth-order valence-electron chi connectivity index (χ4n) is 2.02. The monoisotopic (exact) mass is 340 g/mol. The van der Waals surface area contributed by atoms with Crippen molar-refractivity contribution in [3.8, 4) is 0 Å². The number of H-pyrrole nitrogens is 1. The molecule has 0 aliphatic carbocycles. The van der Waals surface area contributed by atoms with Crippen LogP contribution in [0, 0.1) is 0 Å². The van der Waals surface area contributed by atoms with Gasteiger partial charge in [-0.05, 0) is 17.7 Å². The lowest BCUT2D eigenvalue weighted by atomic mass is 9.90. The van der Waals surface area contributed by atoms with E-state index in [-0.39, 0.29) is 16.8 Å². The third-order valence-corrected chi connectivity index (χ3v) is 3.23. The normalized spacial score (nSPS) is 13.3. The summed E-state index contributed by atoms with van der Waals surface area (Å²) >= 11 is 0. The molecule has 132 valence electrons. The van der Waals surface area contributed by atoms with E-state index in [0.717, 1.165) is 5.69 Å². The maximum Gasteiger partial charge on any atom is 0.271 e. The number of amides is 1. The Morgan fingerprint density at radius 2 is 2.04 bits per heavy atom. The van der Waals surface area contributed by atoms with E-state index in [2.05, 4.69) is 28.4 Å². The van der Waals surface area contributed by atoms with Crippen LogP contribution in [0.1, 0.15) is 32.2 Å². The summed E-state index contributed by atoms with van der Waals surface area (Å²) in [6, 6.07) is 0. The summed E-state index contributed by atoms with van der Waals surface area (Å²) in [5.41, 5.74) is 7.74. The van der Waals surface area contributed by atoms with Crippen LogP contribution in [0.5, 0.6) is 0 Å². The van der Waals surface area contributed by atoms with E-state index in [4.69, 9.17) is 5.73 Å². The molecule has 0 aliphatic heterocycles. The first-order valence-electron chi connectivity index (χ1n) is 7.67. The van der Waals surface area contributed by atoms with Crippen molar-refractivity contribution in [2.75, 3.05) is 0 Å². The fraction of sp³-hybridized carbons (Fsp3) is 0.211. The highest BCUT2D eigenvalue weighted by atomic mass is 16.2. The number of aromatic nitrogens is 2. The summed E-state index contributed by atoms with van der Waals surface area (Å²) in [7, 11) is 0. The van der Waals surface area contributed by atoms with Crippen LogP contribution < -0.4 is 11.1 Å². The first-order chi connectivity index (χ1) is 11.7. The van der Waals surface area contributed by atoms with Crippen molar-refractivity contribution in [3.05, 3.63) is 72.1 Å². The zero-order valence-corrected chi connectivity index (χ0v) is 14.8. The van der Waals surface area contributed by atoms with Crippen LogP contribution in [0.2, 0.25) is 0 Å². The fourth-order valence-corrected chi connectivity index (χ4v) is 2.02. The average molecular weight is 340 g/mol. The highest BCUT2D eigenvalue weighted by Crippen LogP contribution is 2.23. The molecule has 1 aromatic rings. The maximum absolute atomic E-state index is 12.2. The first kappa shape index (κ1) is 19.9. The summed E-state index contributed by atoms with van der Waals surface area (Å²) in [6.07, 6.45) is 9.77. The molecule has 1 rings (SSSR count). The van der Waals surface area contributed by atoms with Crippen LogP contribution in [0.3, 0.4) is 0 Å². The molecule has 0 bridgehead atoms. The van der Waals surface area contributed by atoms with E-state index < -0.39 is 5.91 Å². The number of nitrogens with one attached hydrogen (secondary N) is 2. The Labute approximate surface area is 147 Å². The molecule has 0 aliphatic rings. The third-order valence-electron chi connectivity index (χ3n) is 3.23. The zero-order valence-electron chi connectivity index (χ0n) is 14.8. The Kier molecular flexibility index (Phi) is 6.87. The Hall–Kier alpha value is -3.15. The summed E-state index contributed by atoms with van der Waals surface area (Å²) in [6.45, 7) is 13.3. The molecule has 1 amide bonds. The van der Waals surface area contributed by atoms with Gasteiger partial charge in [0.1, 0.15) is 0 Å². The molecule has 25 heavy (non-hydrogen) atoms. The zero-order chi connectivity index (χ0) is 19.0. The number of carbonyl (C=O) groups is 2. The molecule has 0 aromatic carbocycles. The minimum Gasteiger partial charge on any atom is -0.394 e. The summed E-state index contributed by atoms with van der Waals surface area (Å²) in [4.78, 5) is 30.6. The maximum atomic E-state index is 12.2. The molecular formula is C19H24N4O2. The van der Waals surface area contributed by atoms with Crippen molar-refractivity contribution in [2.24, 2.45) is 5.73 Å². The van der Waals surface area contributed by atoms with Gasteiger partial charge in [-0.2, -0.15) is 0 Å². The number of rotatable bonds is 7. The lowest BCUT2D eigenvalue weighted by Gasteiger charge is -2.17. The van der Waals surface area contributed by atoms with Gasteiger partial charge in [-0.15, -0.1) is 0 Å². The molecule has 0 saturated carbocycles. The summed E-state index contributed by atoms with van der Waals surface area (Å²) in [5, 5.41) is 2.46. The van der Waals surface area contributed by atoms with Gasteiger partial charge in [0.25, 0.3) is 5.91 Å². The molecule has 0 saturated heterocycles. The second-order valence-corrected chi connectivity index (χ2v) is 6.29. The van der Waals surface area contributed by atoms with Gasteiger partial charge >= 0.3 is 0 Å². The standard InChI is InChI=1S/C19H24N4O2/c1-6-8-13(7-2)9-14(11-24)23-18(25)15(20)10-16-17(19(3,4)5)22-12-21-16/h6-12H,1-2,20H2,3-5H3,(H,21,22)(H,23,25)/b13-8+,14-9-,15-10-. The van der Waals surface area contributed by atoms with Crippen LogP contribution in [0.25, 0.3) is 6.08 Å². The lowest BCUT2D eigenvalue weighted by Crippen LogP contribution is -2.28. The van der Waals surface area contributed by atoms with Gasteiger partial charge in [0.15, 0.2) is 6.29 Å². The van der Waals surface area contributed by atoms with Gasteiger partial charge in [-0.25, -0.2) is 4.98 Å². The second kappa shape index (κ2) is 8.63. The largest absolute Gasteiger partial charge is 0.394 e. The highest BCUT2D eigenvalue weighted by molar-refractivity contribution is 6.00. The van der Waals surface area contributed by atoms with E-state index in [1.807, 2.05) is 20.8 Å². The highest BCUT2D eigenvalue weighted by Gasteiger charge is 2.20. The molecular weight excluding hydrogens is 316 g/mol. The average Bonchev–Trinajstić information content (AvgIpc) is 3.01. The Morgan fingerprint density at radius 1 is 1.36 bits per heavy atom. The lowest BCUT2D eigenvalue weighted by molar-refractivity contribution is -0.118.